The van der Waals surface area contributed by atoms with E-state index in [1.54, 1.807) is 0 Å². The van der Waals surface area contributed by atoms with Gasteiger partial charge in [0.25, 0.3) is 0 Å². The number of phenolic OH excluding ortho intramolecular Hbond substituents is 2. The van der Waals surface area contributed by atoms with Crippen molar-refractivity contribution >= 4 is 11.4 Å². The van der Waals surface area contributed by atoms with Crippen molar-refractivity contribution in [3.8, 4) is 83.9 Å². The number of rotatable bonds is 4. The van der Waals surface area contributed by atoms with Gasteiger partial charge in [0, 0.05) is 12.1 Å². The molecule has 0 spiro atoms. The van der Waals surface area contributed by atoms with Gasteiger partial charge in [0.2, 0.25) is 0 Å². The van der Waals surface area contributed by atoms with Gasteiger partial charge in [-0.05, 0) is 24.3 Å². The zero-order valence-electron chi connectivity index (χ0n) is 16.6. The number of benzene rings is 3. The minimum Gasteiger partial charge on any atom is -0.506 e. The highest BCUT2D eigenvalue weighted by Crippen LogP contribution is 2.42. The predicted molar refractivity (Wildman–Crippen MR) is 123 cm³/mol. The van der Waals surface area contributed by atoms with E-state index in [-0.39, 0.29) is 68.1 Å². The molecule has 6 heteroatoms. The Balaban J connectivity index is 2.26. The summed E-state index contributed by atoms with van der Waals surface area (Å²) >= 11 is 0. The van der Waals surface area contributed by atoms with Crippen LogP contribution in [0.4, 0.5) is 11.4 Å². The SMILES string of the molecule is C#Cc1c(C#C)c(Oc2ccc(N)c(O)c2)c(C#C)c(C#C)c1Oc1ccc(N)c(O)c1. The van der Waals surface area contributed by atoms with Crippen LogP contribution >= 0.6 is 0 Å². The van der Waals surface area contributed by atoms with Crippen molar-refractivity contribution in [2.24, 2.45) is 0 Å². The summed E-state index contributed by atoms with van der Waals surface area (Å²) in [4.78, 5) is 0. The average molecular weight is 420 g/mol. The molecule has 0 fully saturated rings. The summed E-state index contributed by atoms with van der Waals surface area (Å²) in [5, 5.41) is 19.8. The van der Waals surface area contributed by atoms with Crippen LogP contribution in [0.25, 0.3) is 0 Å². The van der Waals surface area contributed by atoms with Crippen LogP contribution in [0.5, 0.6) is 34.5 Å². The summed E-state index contributed by atoms with van der Waals surface area (Å²) in [6.45, 7) is 0. The van der Waals surface area contributed by atoms with Crippen LogP contribution < -0.4 is 20.9 Å². The first-order valence-corrected chi connectivity index (χ1v) is 8.97. The van der Waals surface area contributed by atoms with Gasteiger partial charge < -0.3 is 31.2 Å². The molecule has 0 saturated carbocycles. The Labute approximate surface area is 185 Å². The van der Waals surface area contributed by atoms with Gasteiger partial charge in [0.05, 0.1) is 33.6 Å². The molecule has 6 nitrogen and oxygen atoms in total. The summed E-state index contributed by atoms with van der Waals surface area (Å²) in [6.07, 6.45) is 22.9. The molecule has 32 heavy (non-hydrogen) atoms. The number of hydrogen-bond donors (Lipinski definition) is 4. The van der Waals surface area contributed by atoms with Crippen molar-refractivity contribution in [1.29, 1.82) is 0 Å². The van der Waals surface area contributed by atoms with Crippen molar-refractivity contribution in [1.82, 2.24) is 0 Å². The molecule has 0 aliphatic carbocycles. The van der Waals surface area contributed by atoms with Crippen LogP contribution in [-0.4, -0.2) is 10.2 Å². The number of nitrogens with two attached hydrogens (primary N) is 2. The lowest BCUT2D eigenvalue weighted by Gasteiger charge is -2.19. The van der Waals surface area contributed by atoms with Crippen molar-refractivity contribution in [2.75, 3.05) is 11.5 Å². The normalized spacial score (nSPS) is 9.62. The van der Waals surface area contributed by atoms with Gasteiger partial charge in [-0.25, -0.2) is 0 Å². The van der Waals surface area contributed by atoms with Crippen molar-refractivity contribution in [2.45, 2.75) is 0 Å². The Morgan fingerprint density at radius 1 is 0.594 bits per heavy atom. The topological polar surface area (TPSA) is 111 Å². The molecule has 0 radical (unpaired) electrons. The molecule has 0 aromatic heterocycles. The van der Waals surface area contributed by atoms with Crippen LogP contribution in [0, 0.1) is 49.4 Å². The molecule has 0 unspecified atom stereocenters. The standard InChI is InChI=1S/C26H16N2O4/c1-5-17-18(6-2)26(32-16-10-12-22(28)24(30)14-16)20(8-4)19(7-3)25(17)31-15-9-11-21(27)23(29)13-15/h1-4,9-14,29-30H,27-28H2. The molecule has 0 amide bonds. The maximum Gasteiger partial charge on any atom is 0.161 e. The van der Waals surface area contributed by atoms with E-state index in [1.165, 1.54) is 36.4 Å². The molecular formula is C26H16N2O4. The number of ether oxygens (including phenoxy) is 2. The number of aromatic hydroxyl groups is 2. The van der Waals surface area contributed by atoms with Gasteiger partial charge in [-0.1, -0.05) is 23.7 Å². The highest BCUT2D eigenvalue weighted by molar-refractivity contribution is 5.76. The minimum absolute atomic E-state index is 0.0487. The Kier molecular flexibility index (Phi) is 5.75. The van der Waals surface area contributed by atoms with E-state index in [2.05, 4.69) is 23.7 Å². The van der Waals surface area contributed by atoms with E-state index in [9.17, 15) is 10.2 Å². The zero-order chi connectivity index (χ0) is 23.4. The fourth-order valence-corrected chi connectivity index (χ4v) is 2.87. The maximum absolute atomic E-state index is 9.88. The van der Waals surface area contributed by atoms with Crippen LogP contribution in [-0.2, 0) is 0 Å². The first kappa shape index (κ1) is 21.4. The smallest absolute Gasteiger partial charge is 0.161 e. The maximum atomic E-state index is 9.88. The van der Waals surface area contributed by atoms with Gasteiger partial charge in [-0.15, -0.1) is 25.7 Å². The summed E-state index contributed by atoms with van der Waals surface area (Å²) in [7, 11) is 0. The van der Waals surface area contributed by atoms with Gasteiger partial charge in [-0.2, -0.15) is 0 Å². The third kappa shape index (κ3) is 3.77. The largest absolute Gasteiger partial charge is 0.506 e. The van der Waals surface area contributed by atoms with E-state index in [0.717, 1.165) is 0 Å². The fourth-order valence-electron chi connectivity index (χ4n) is 2.87. The summed E-state index contributed by atoms with van der Waals surface area (Å²) in [5.74, 6) is 9.98. The Bertz CT molecular complexity index is 1250. The van der Waals surface area contributed by atoms with Gasteiger partial charge in [-0.3, -0.25) is 0 Å². The number of phenols is 2. The number of terminal acetylenes is 4. The highest BCUT2D eigenvalue weighted by Gasteiger charge is 2.25. The molecule has 3 rings (SSSR count). The number of nitrogen functional groups attached to an aromatic ring is 2. The number of hydrogen-bond acceptors (Lipinski definition) is 6. The van der Waals surface area contributed by atoms with E-state index in [1.807, 2.05) is 0 Å². The molecule has 0 atom stereocenters. The molecule has 3 aromatic carbocycles. The van der Waals surface area contributed by atoms with Crippen molar-refractivity contribution in [3.05, 3.63) is 58.7 Å². The fraction of sp³-hybridized carbons (Fsp3) is 0. The van der Waals surface area contributed by atoms with Gasteiger partial charge in [0.15, 0.2) is 11.5 Å². The van der Waals surface area contributed by atoms with Crippen LogP contribution in [0.1, 0.15) is 22.3 Å². The quantitative estimate of drug-likeness (QED) is 0.291. The lowest BCUT2D eigenvalue weighted by Crippen LogP contribution is -2.03. The molecule has 0 heterocycles. The average Bonchev–Trinajstić information content (AvgIpc) is 2.78. The third-order valence-corrected chi connectivity index (χ3v) is 4.43. The molecule has 0 saturated heterocycles. The highest BCUT2D eigenvalue weighted by atomic mass is 16.5. The summed E-state index contributed by atoms with van der Waals surface area (Å²) in [6, 6.07) is 8.52. The molecule has 0 aliphatic heterocycles. The second-order valence-corrected chi connectivity index (χ2v) is 6.38. The van der Waals surface area contributed by atoms with Crippen LogP contribution in [0.15, 0.2) is 36.4 Å². The second-order valence-electron chi connectivity index (χ2n) is 6.38. The van der Waals surface area contributed by atoms with E-state index in [4.69, 9.17) is 46.6 Å². The molecule has 3 aromatic rings. The lowest BCUT2D eigenvalue weighted by atomic mass is 9.95. The third-order valence-electron chi connectivity index (χ3n) is 4.43. The van der Waals surface area contributed by atoms with Crippen LogP contribution in [0.3, 0.4) is 0 Å². The van der Waals surface area contributed by atoms with Crippen LogP contribution in [0.2, 0.25) is 0 Å². The van der Waals surface area contributed by atoms with Crippen molar-refractivity contribution in [3.63, 3.8) is 0 Å². The Morgan fingerprint density at radius 3 is 1.16 bits per heavy atom. The Hall–Kier alpha value is -5.30. The van der Waals surface area contributed by atoms with E-state index >= 15 is 0 Å². The van der Waals surface area contributed by atoms with E-state index in [0.29, 0.717) is 0 Å². The van der Waals surface area contributed by atoms with Gasteiger partial charge >= 0.3 is 0 Å². The lowest BCUT2D eigenvalue weighted by molar-refractivity contribution is 0.447. The Morgan fingerprint density at radius 2 is 0.906 bits per heavy atom. The number of anilines is 2. The molecule has 0 bridgehead atoms. The van der Waals surface area contributed by atoms with Crippen molar-refractivity contribution < 1.29 is 19.7 Å². The monoisotopic (exact) mass is 420 g/mol. The first-order chi connectivity index (χ1) is 15.3. The molecule has 6 N–H and O–H groups in total. The molecular weight excluding hydrogens is 404 g/mol. The first-order valence-electron chi connectivity index (χ1n) is 8.97. The molecule has 0 aliphatic rings. The van der Waals surface area contributed by atoms with E-state index < -0.39 is 0 Å². The summed E-state index contributed by atoms with van der Waals surface area (Å²) in [5.41, 5.74) is 12.1. The summed E-state index contributed by atoms with van der Waals surface area (Å²) < 4.78 is 11.8. The predicted octanol–water partition coefficient (Wildman–Crippen LogP) is 3.77. The molecule has 154 valence electrons. The second kappa shape index (κ2) is 8.60. The van der Waals surface area contributed by atoms with Gasteiger partial charge in [0.1, 0.15) is 23.0 Å². The minimum atomic E-state index is -0.190. The zero-order valence-corrected chi connectivity index (χ0v) is 16.6.